The third-order valence-corrected chi connectivity index (χ3v) is 7.38. The van der Waals surface area contributed by atoms with Crippen molar-refractivity contribution in [2.24, 2.45) is 5.41 Å². The van der Waals surface area contributed by atoms with Crippen molar-refractivity contribution in [3.05, 3.63) is 29.1 Å². The van der Waals surface area contributed by atoms with Gasteiger partial charge in [-0.05, 0) is 84.9 Å². The molecule has 1 amide bonds. The Labute approximate surface area is 178 Å². The summed E-state index contributed by atoms with van der Waals surface area (Å²) < 4.78 is 21.6. The molecule has 1 spiro atoms. The number of ether oxygens (including phenoxy) is 1. The molecule has 2 heterocycles. The Balaban J connectivity index is 1.81. The monoisotopic (exact) mass is 421 g/mol. The van der Waals surface area contributed by atoms with Gasteiger partial charge in [0.05, 0.1) is 6.04 Å². The van der Waals surface area contributed by atoms with Crippen LogP contribution in [0.15, 0.2) is 12.3 Å². The first-order valence-corrected chi connectivity index (χ1v) is 11.6. The van der Waals surface area contributed by atoms with E-state index in [9.17, 15) is 9.35 Å². The maximum atomic E-state index is 13.0. The van der Waals surface area contributed by atoms with Crippen LogP contribution in [0.2, 0.25) is 0 Å². The molecule has 1 aromatic rings. The molecule has 2 aliphatic rings. The van der Waals surface area contributed by atoms with Gasteiger partial charge in [-0.25, -0.2) is 4.79 Å². The quantitative estimate of drug-likeness (QED) is 0.729. The highest BCUT2D eigenvalue weighted by Crippen LogP contribution is 2.52. The summed E-state index contributed by atoms with van der Waals surface area (Å²) in [6, 6.07) is 2.13. The average Bonchev–Trinajstić information content (AvgIpc) is 2.86. The number of hydrogen-bond donors (Lipinski definition) is 1. The van der Waals surface area contributed by atoms with Crippen LogP contribution in [0, 0.1) is 12.3 Å². The number of carbonyl (C=O) groups is 1. The number of likely N-dealkylation sites (tertiary alicyclic amines) is 1. The molecule has 0 radical (unpaired) electrons. The minimum Gasteiger partial charge on any atom is -0.598 e. The number of aromatic nitrogens is 1. The molecule has 1 aliphatic carbocycles. The fourth-order valence-electron chi connectivity index (χ4n) is 4.24. The van der Waals surface area contributed by atoms with Gasteiger partial charge >= 0.3 is 6.09 Å². The number of carbonyl (C=O) groups excluding carboxylic acids is 1. The number of nitrogens with one attached hydrogen (secondary N) is 1. The van der Waals surface area contributed by atoms with E-state index in [2.05, 4.69) is 15.8 Å². The second kappa shape index (κ2) is 7.75. The Hall–Kier alpha value is -1.31. The first-order valence-electron chi connectivity index (χ1n) is 10.4. The highest BCUT2D eigenvalue weighted by atomic mass is 32.2. The number of rotatable bonds is 2. The van der Waals surface area contributed by atoms with Crippen LogP contribution < -0.4 is 4.72 Å². The van der Waals surface area contributed by atoms with Gasteiger partial charge in [-0.1, -0.05) is 0 Å². The largest absolute Gasteiger partial charge is 0.598 e. The summed E-state index contributed by atoms with van der Waals surface area (Å²) in [4.78, 5) is 18.8. The molecule has 162 valence electrons. The van der Waals surface area contributed by atoms with Gasteiger partial charge in [0.2, 0.25) is 0 Å². The van der Waals surface area contributed by atoms with Crippen molar-refractivity contribution in [3.8, 4) is 0 Å². The van der Waals surface area contributed by atoms with Crippen LogP contribution in [0.25, 0.3) is 0 Å². The molecule has 1 fully saturated rings. The van der Waals surface area contributed by atoms with Gasteiger partial charge in [0.1, 0.15) is 10.3 Å². The molecule has 2 atom stereocenters. The summed E-state index contributed by atoms with van der Waals surface area (Å²) in [6.45, 7) is 14.9. The Morgan fingerprint density at radius 3 is 2.45 bits per heavy atom. The minimum atomic E-state index is -1.18. The van der Waals surface area contributed by atoms with Gasteiger partial charge in [0.15, 0.2) is 0 Å². The summed E-state index contributed by atoms with van der Waals surface area (Å²) >= 11 is -1.18. The van der Waals surface area contributed by atoms with E-state index >= 15 is 0 Å². The molecular weight excluding hydrogens is 386 g/mol. The molecule has 0 aromatic carbocycles. The summed E-state index contributed by atoms with van der Waals surface area (Å²) in [5, 5.41) is 0. The standard InChI is InChI=1S/C22H35N3O3S/c1-15-12-17-16(14-23-15)13-22(18(17)24-29(27)21(5,6)7)8-10-25(11-9-22)19(26)28-20(2,3)4/h12,14,18,24H,8-11,13H2,1-7H3/t18-,29?/m1/s1. The van der Waals surface area contributed by atoms with Crippen molar-refractivity contribution in [1.29, 1.82) is 0 Å². The van der Waals surface area contributed by atoms with Crippen LogP contribution in [0.3, 0.4) is 0 Å². The second-order valence-corrected chi connectivity index (χ2v) is 12.5. The predicted molar refractivity (Wildman–Crippen MR) is 116 cm³/mol. The fraction of sp³-hybridized carbons (Fsp3) is 0.727. The van der Waals surface area contributed by atoms with Crippen molar-refractivity contribution in [1.82, 2.24) is 14.6 Å². The first-order chi connectivity index (χ1) is 13.3. The Morgan fingerprint density at radius 1 is 1.28 bits per heavy atom. The van der Waals surface area contributed by atoms with Gasteiger partial charge < -0.3 is 14.2 Å². The number of nitrogens with zero attached hydrogens (tertiary/aromatic N) is 2. The summed E-state index contributed by atoms with van der Waals surface area (Å²) in [5.74, 6) is 0. The topological polar surface area (TPSA) is 77.5 Å². The van der Waals surface area contributed by atoms with Gasteiger partial charge in [-0.2, -0.15) is 0 Å². The number of piperidine rings is 1. The smallest absolute Gasteiger partial charge is 0.410 e. The maximum Gasteiger partial charge on any atom is 0.410 e. The Morgan fingerprint density at radius 2 is 1.90 bits per heavy atom. The van der Waals surface area contributed by atoms with Crippen molar-refractivity contribution in [2.45, 2.75) is 84.1 Å². The van der Waals surface area contributed by atoms with E-state index in [1.54, 1.807) is 4.90 Å². The molecule has 29 heavy (non-hydrogen) atoms. The van der Waals surface area contributed by atoms with Crippen LogP contribution in [-0.4, -0.2) is 44.0 Å². The number of pyridine rings is 1. The van der Waals surface area contributed by atoms with E-state index < -0.39 is 17.0 Å². The van der Waals surface area contributed by atoms with Crippen LogP contribution in [0.1, 0.15) is 77.2 Å². The molecule has 1 unspecified atom stereocenters. The molecule has 1 saturated heterocycles. The molecular formula is C22H35N3O3S. The molecule has 6 nitrogen and oxygen atoms in total. The van der Waals surface area contributed by atoms with Gasteiger partial charge in [-0.3, -0.25) is 4.98 Å². The number of amides is 1. The normalized spacial score (nSPS) is 22.5. The van der Waals surface area contributed by atoms with E-state index in [0.29, 0.717) is 13.1 Å². The molecule has 7 heteroatoms. The van der Waals surface area contributed by atoms with Gasteiger partial charge in [-0.15, -0.1) is 4.72 Å². The van der Waals surface area contributed by atoms with E-state index in [4.69, 9.17) is 4.74 Å². The molecule has 1 aliphatic heterocycles. The van der Waals surface area contributed by atoms with E-state index in [1.165, 1.54) is 11.1 Å². The van der Waals surface area contributed by atoms with Crippen LogP contribution in [0.5, 0.6) is 0 Å². The van der Waals surface area contributed by atoms with Crippen LogP contribution in [0.4, 0.5) is 4.79 Å². The highest BCUT2D eigenvalue weighted by Gasteiger charge is 2.51. The van der Waals surface area contributed by atoms with Crippen LogP contribution >= 0.6 is 0 Å². The lowest BCUT2D eigenvalue weighted by atomic mass is 9.73. The molecule has 3 rings (SSSR count). The summed E-state index contributed by atoms with van der Waals surface area (Å²) in [6.07, 6.45) is 4.31. The average molecular weight is 422 g/mol. The zero-order valence-corrected chi connectivity index (χ0v) is 19.6. The highest BCUT2D eigenvalue weighted by molar-refractivity contribution is 7.90. The zero-order chi connectivity index (χ0) is 21.6. The molecule has 1 aromatic heterocycles. The second-order valence-electron chi connectivity index (χ2n) is 10.5. The number of hydrogen-bond acceptors (Lipinski definition) is 5. The Bertz CT molecular complexity index is 762. The van der Waals surface area contributed by atoms with E-state index in [0.717, 1.165) is 25.0 Å². The zero-order valence-electron chi connectivity index (χ0n) is 18.8. The Kier molecular flexibility index (Phi) is 5.98. The third kappa shape index (κ3) is 4.89. The SMILES string of the molecule is Cc1cc2c(cn1)CC1(CCN(C(=O)OC(C)(C)C)CC1)[C@@H]2N[S+]([O-])C(C)(C)C. The lowest BCUT2D eigenvalue weighted by molar-refractivity contribution is 0.00716. The predicted octanol–water partition coefficient (Wildman–Crippen LogP) is 4.06. The van der Waals surface area contributed by atoms with Crippen LogP contribution in [-0.2, 0) is 22.5 Å². The molecule has 0 saturated carbocycles. The lowest BCUT2D eigenvalue weighted by Crippen LogP contribution is -2.51. The maximum absolute atomic E-state index is 13.0. The van der Waals surface area contributed by atoms with Gasteiger partial charge in [0.25, 0.3) is 0 Å². The van der Waals surface area contributed by atoms with E-state index in [-0.39, 0.29) is 22.3 Å². The minimum absolute atomic E-state index is 0.0000415. The third-order valence-electron chi connectivity index (χ3n) is 5.82. The van der Waals surface area contributed by atoms with Crippen molar-refractivity contribution >= 4 is 17.5 Å². The fourth-order valence-corrected chi connectivity index (χ4v) is 5.18. The van der Waals surface area contributed by atoms with E-state index in [1.807, 2.05) is 54.7 Å². The summed E-state index contributed by atoms with van der Waals surface area (Å²) in [5.41, 5.74) is 2.86. The van der Waals surface area contributed by atoms with Crippen molar-refractivity contribution in [2.75, 3.05) is 13.1 Å². The number of fused-ring (bicyclic) bond motifs is 1. The lowest BCUT2D eigenvalue weighted by Gasteiger charge is -2.43. The van der Waals surface area contributed by atoms with Crippen molar-refractivity contribution in [3.63, 3.8) is 0 Å². The summed E-state index contributed by atoms with van der Waals surface area (Å²) in [7, 11) is 0. The molecule has 0 bridgehead atoms. The molecule has 1 N–H and O–H groups in total. The first kappa shape index (κ1) is 22.4. The van der Waals surface area contributed by atoms with Crippen molar-refractivity contribution < 1.29 is 14.1 Å². The van der Waals surface area contributed by atoms with Gasteiger partial charge in [0, 0.05) is 41.8 Å². The number of aryl methyl sites for hydroxylation is 1.